The molecule has 0 unspecified atom stereocenters. The summed E-state index contributed by atoms with van der Waals surface area (Å²) < 4.78 is 5.17. The quantitative estimate of drug-likeness (QED) is 0.280. The number of phenols is 2. The van der Waals surface area contributed by atoms with Crippen molar-refractivity contribution in [3.63, 3.8) is 0 Å². The molecule has 152 valence electrons. The van der Waals surface area contributed by atoms with Crippen LogP contribution < -0.4 is 0 Å². The number of carbonyl (C=O) groups excluding carboxylic acids is 1. The lowest BCUT2D eigenvalue weighted by molar-refractivity contribution is -0.135. The van der Waals surface area contributed by atoms with E-state index in [1.807, 2.05) is 0 Å². The molecule has 0 heterocycles. The first-order valence-corrected chi connectivity index (χ1v) is 10.4. The van der Waals surface area contributed by atoms with Gasteiger partial charge in [-0.3, -0.25) is 4.79 Å². The average Bonchev–Trinajstić information content (AvgIpc) is 3.34. The van der Waals surface area contributed by atoms with E-state index in [1.165, 1.54) is 12.8 Å². The van der Waals surface area contributed by atoms with Crippen molar-refractivity contribution in [1.29, 1.82) is 0 Å². The fraction of sp³-hybridized carbons (Fsp3) is 0.696. The number of aromatic hydroxyl groups is 2. The van der Waals surface area contributed by atoms with Gasteiger partial charge in [-0.1, -0.05) is 33.6 Å². The first-order chi connectivity index (χ1) is 12.7. The Labute approximate surface area is 163 Å². The summed E-state index contributed by atoms with van der Waals surface area (Å²) in [6.07, 6.45) is 10.8. The van der Waals surface area contributed by atoms with Crippen molar-refractivity contribution >= 4 is 6.47 Å². The SMILES string of the molecule is CC(C)(C)CCCCCc1cc(O)cc(CCCCC2(OC=O)CC2)c1O. The van der Waals surface area contributed by atoms with E-state index in [0.717, 1.165) is 68.9 Å². The predicted octanol–water partition coefficient (Wildman–Crippen LogP) is 5.67. The van der Waals surface area contributed by atoms with Crippen LogP contribution in [-0.4, -0.2) is 22.3 Å². The lowest BCUT2D eigenvalue weighted by Gasteiger charge is -2.17. The molecule has 0 spiro atoms. The molecule has 4 nitrogen and oxygen atoms in total. The predicted molar refractivity (Wildman–Crippen MR) is 108 cm³/mol. The minimum absolute atomic E-state index is 0.208. The zero-order valence-corrected chi connectivity index (χ0v) is 17.2. The molecule has 2 N–H and O–H groups in total. The number of rotatable bonds is 12. The smallest absolute Gasteiger partial charge is 0.293 e. The van der Waals surface area contributed by atoms with Crippen LogP contribution in [0, 0.1) is 5.41 Å². The summed E-state index contributed by atoms with van der Waals surface area (Å²) in [5, 5.41) is 20.6. The second-order valence-corrected chi connectivity index (χ2v) is 9.34. The Bertz CT molecular complexity index is 612. The normalized spacial score (nSPS) is 15.5. The molecule has 0 radical (unpaired) electrons. The summed E-state index contributed by atoms with van der Waals surface area (Å²) in [7, 11) is 0. The maximum Gasteiger partial charge on any atom is 0.293 e. The van der Waals surface area contributed by atoms with Gasteiger partial charge in [0.15, 0.2) is 0 Å². The molecule has 0 atom stereocenters. The minimum atomic E-state index is -0.208. The molecule has 2 rings (SSSR count). The van der Waals surface area contributed by atoms with Crippen LogP contribution in [0.5, 0.6) is 11.5 Å². The number of benzene rings is 1. The summed E-state index contributed by atoms with van der Waals surface area (Å²) in [6.45, 7) is 7.34. The van der Waals surface area contributed by atoms with Crippen LogP contribution in [0.25, 0.3) is 0 Å². The van der Waals surface area contributed by atoms with E-state index in [2.05, 4.69) is 20.8 Å². The summed E-state index contributed by atoms with van der Waals surface area (Å²) in [5.74, 6) is 0.573. The van der Waals surface area contributed by atoms with Gasteiger partial charge < -0.3 is 14.9 Å². The highest BCUT2D eigenvalue weighted by atomic mass is 16.5. The lowest BCUT2D eigenvalue weighted by Crippen LogP contribution is -2.12. The van der Waals surface area contributed by atoms with Crippen LogP contribution in [0.4, 0.5) is 0 Å². The standard InChI is InChI=1S/C23H36O4/c1-22(2,3)11-7-4-5-9-18-15-20(25)16-19(21(18)26)10-6-8-12-23(13-14-23)27-17-24/h15-17,25-26H,4-14H2,1-3H3. The zero-order chi connectivity index (χ0) is 19.9. The Kier molecular flexibility index (Phi) is 7.58. The van der Waals surface area contributed by atoms with E-state index < -0.39 is 0 Å². The van der Waals surface area contributed by atoms with Crippen molar-refractivity contribution in [1.82, 2.24) is 0 Å². The van der Waals surface area contributed by atoms with Gasteiger partial charge in [-0.2, -0.15) is 0 Å². The van der Waals surface area contributed by atoms with E-state index in [9.17, 15) is 15.0 Å². The van der Waals surface area contributed by atoms with Crippen LogP contribution in [0.15, 0.2) is 12.1 Å². The number of hydrogen-bond acceptors (Lipinski definition) is 4. The number of ether oxygens (including phenoxy) is 1. The number of hydrogen-bond donors (Lipinski definition) is 2. The molecule has 0 bridgehead atoms. The minimum Gasteiger partial charge on any atom is -0.508 e. The Morgan fingerprint density at radius 1 is 1.00 bits per heavy atom. The second-order valence-electron chi connectivity index (χ2n) is 9.34. The van der Waals surface area contributed by atoms with Gasteiger partial charge in [0.05, 0.1) is 0 Å². The molecule has 1 fully saturated rings. The fourth-order valence-electron chi connectivity index (χ4n) is 3.70. The first kappa shape index (κ1) is 21.6. The third-order valence-corrected chi connectivity index (χ3v) is 5.56. The van der Waals surface area contributed by atoms with Crippen molar-refractivity contribution < 1.29 is 19.7 Å². The maximum absolute atomic E-state index is 10.6. The number of carbonyl (C=O) groups is 1. The number of unbranched alkanes of at least 4 members (excludes halogenated alkanes) is 3. The van der Waals surface area contributed by atoms with Gasteiger partial charge in [0.1, 0.15) is 17.1 Å². The molecule has 1 aliphatic rings. The van der Waals surface area contributed by atoms with Gasteiger partial charge in [-0.05, 0) is 86.5 Å². The average molecular weight is 377 g/mol. The monoisotopic (exact) mass is 376 g/mol. The molecule has 0 aromatic heterocycles. The van der Waals surface area contributed by atoms with Gasteiger partial charge in [-0.15, -0.1) is 0 Å². The van der Waals surface area contributed by atoms with Crippen molar-refractivity contribution in [2.45, 2.75) is 97.0 Å². The van der Waals surface area contributed by atoms with Gasteiger partial charge in [0.2, 0.25) is 0 Å². The van der Waals surface area contributed by atoms with Crippen molar-refractivity contribution in [2.75, 3.05) is 0 Å². The summed E-state index contributed by atoms with van der Waals surface area (Å²) >= 11 is 0. The largest absolute Gasteiger partial charge is 0.508 e. The number of phenolic OH excluding ortho intramolecular Hbond substituents is 2. The van der Waals surface area contributed by atoms with E-state index in [1.54, 1.807) is 12.1 Å². The number of aryl methyl sites for hydroxylation is 2. The Morgan fingerprint density at radius 3 is 2.11 bits per heavy atom. The molecule has 0 aliphatic heterocycles. The van der Waals surface area contributed by atoms with Crippen molar-refractivity contribution in [3.05, 3.63) is 23.3 Å². The van der Waals surface area contributed by atoms with Crippen LogP contribution in [-0.2, 0) is 22.4 Å². The van der Waals surface area contributed by atoms with Crippen molar-refractivity contribution in [3.8, 4) is 11.5 Å². The van der Waals surface area contributed by atoms with Gasteiger partial charge in [0.25, 0.3) is 6.47 Å². The molecule has 0 amide bonds. The van der Waals surface area contributed by atoms with E-state index in [4.69, 9.17) is 4.74 Å². The molecular weight excluding hydrogens is 340 g/mol. The first-order valence-electron chi connectivity index (χ1n) is 10.4. The fourth-order valence-corrected chi connectivity index (χ4v) is 3.70. The topological polar surface area (TPSA) is 66.8 Å². The van der Waals surface area contributed by atoms with Crippen LogP contribution in [0.2, 0.25) is 0 Å². The van der Waals surface area contributed by atoms with Crippen LogP contribution in [0.1, 0.15) is 89.7 Å². The highest BCUT2D eigenvalue weighted by Gasteiger charge is 2.44. The molecule has 1 aromatic carbocycles. The third-order valence-electron chi connectivity index (χ3n) is 5.56. The molecule has 27 heavy (non-hydrogen) atoms. The summed E-state index contributed by atoms with van der Waals surface area (Å²) in [5.41, 5.74) is 1.83. The molecule has 1 saturated carbocycles. The van der Waals surface area contributed by atoms with Crippen LogP contribution >= 0.6 is 0 Å². The highest BCUT2D eigenvalue weighted by molar-refractivity contribution is 5.46. The molecule has 1 aromatic rings. The molecule has 0 saturated heterocycles. The van der Waals surface area contributed by atoms with Gasteiger partial charge >= 0.3 is 0 Å². The Hall–Kier alpha value is -1.71. The van der Waals surface area contributed by atoms with E-state index >= 15 is 0 Å². The van der Waals surface area contributed by atoms with E-state index in [0.29, 0.717) is 17.6 Å². The lowest BCUT2D eigenvalue weighted by atomic mass is 9.89. The van der Waals surface area contributed by atoms with Crippen molar-refractivity contribution in [2.24, 2.45) is 5.41 Å². The summed E-state index contributed by atoms with van der Waals surface area (Å²) in [4.78, 5) is 10.5. The molecular formula is C23H36O4. The van der Waals surface area contributed by atoms with Crippen LogP contribution in [0.3, 0.4) is 0 Å². The highest BCUT2D eigenvalue weighted by Crippen LogP contribution is 2.43. The third kappa shape index (κ3) is 7.43. The molecule has 1 aliphatic carbocycles. The van der Waals surface area contributed by atoms with Gasteiger partial charge in [0, 0.05) is 0 Å². The summed E-state index contributed by atoms with van der Waals surface area (Å²) in [6, 6.07) is 3.37. The van der Waals surface area contributed by atoms with E-state index in [-0.39, 0.29) is 11.4 Å². The van der Waals surface area contributed by atoms with Gasteiger partial charge in [-0.25, -0.2) is 0 Å². The Morgan fingerprint density at radius 2 is 1.59 bits per heavy atom. The second kappa shape index (κ2) is 9.48. The maximum atomic E-state index is 10.6. The zero-order valence-electron chi connectivity index (χ0n) is 17.2. The molecule has 4 heteroatoms. The Balaban J connectivity index is 1.78.